The summed E-state index contributed by atoms with van der Waals surface area (Å²) in [5.74, 6) is -0.415. The van der Waals surface area contributed by atoms with Crippen molar-refractivity contribution in [2.45, 2.75) is 31.6 Å². The Morgan fingerprint density at radius 1 is 1.32 bits per heavy atom. The monoisotopic (exact) mass is 327 g/mol. The standard InChI is InChI=1S/C15H21NO5S/c1-22-8-7-12(13(17)9-14(18)19)16-15(20)21-10-11-5-3-2-4-6-11/h2-6,12-13,17H,7-10H2,1H3,(H,16,20)(H,18,19)/t12-,13-/m0/s1. The third kappa shape index (κ3) is 7.33. The fourth-order valence-electron chi connectivity index (χ4n) is 1.84. The minimum atomic E-state index is -1.14. The van der Waals surface area contributed by atoms with E-state index in [1.54, 1.807) is 11.8 Å². The highest BCUT2D eigenvalue weighted by molar-refractivity contribution is 7.98. The molecule has 0 bridgehead atoms. The van der Waals surface area contributed by atoms with E-state index in [0.29, 0.717) is 12.2 Å². The summed E-state index contributed by atoms with van der Waals surface area (Å²) in [7, 11) is 0. The first-order valence-corrected chi connectivity index (χ1v) is 8.28. The van der Waals surface area contributed by atoms with Gasteiger partial charge < -0.3 is 20.3 Å². The van der Waals surface area contributed by atoms with E-state index in [-0.39, 0.29) is 6.61 Å². The minimum Gasteiger partial charge on any atom is -0.481 e. The summed E-state index contributed by atoms with van der Waals surface area (Å²) in [6, 6.07) is 8.56. The Balaban J connectivity index is 2.48. The number of thioether (sulfide) groups is 1. The predicted octanol–water partition coefficient (Wildman–Crippen LogP) is 1.87. The van der Waals surface area contributed by atoms with Crippen LogP contribution in [0.4, 0.5) is 4.79 Å². The van der Waals surface area contributed by atoms with Crippen LogP contribution in [0, 0.1) is 0 Å². The maximum atomic E-state index is 11.8. The van der Waals surface area contributed by atoms with Gasteiger partial charge in [0.1, 0.15) is 6.61 Å². The van der Waals surface area contributed by atoms with Crippen LogP contribution in [0.1, 0.15) is 18.4 Å². The average molecular weight is 327 g/mol. The molecule has 122 valence electrons. The summed E-state index contributed by atoms with van der Waals surface area (Å²) in [5, 5.41) is 21.2. The lowest BCUT2D eigenvalue weighted by Gasteiger charge is -2.22. The zero-order chi connectivity index (χ0) is 16.4. The van der Waals surface area contributed by atoms with Crippen LogP contribution in [0.15, 0.2) is 30.3 Å². The largest absolute Gasteiger partial charge is 0.481 e. The second-order valence-corrected chi connectivity index (χ2v) is 5.74. The quantitative estimate of drug-likeness (QED) is 0.641. The van der Waals surface area contributed by atoms with Crippen molar-refractivity contribution < 1.29 is 24.5 Å². The lowest BCUT2D eigenvalue weighted by atomic mass is 10.1. The van der Waals surface area contributed by atoms with E-state index in [0.717, 1.165) is 5.56 Å². The molecule has 0 spiro atoms. The number of amides is 1. The molecule has 3 N–H and O–H groups in total. The van der Waals surface area contributed by atoms with Crippen LogP contribution in [-0.2, 0) is 16.1 Å². The second kappa shape index (κ2) is 10.1. The number of hydrogen-bond donors (Lipinski definition) is 3. The lowest BCUT2D eigenvalue weighted by Crippen LogP contribution is -2.44. The topological polar surface area (TPSA) is 95.9 Å². The highest BCUT2D eigenvalue weighted by Crippen LogP contribution is 2.09. The van der Waals surface area contributed by atoms with Gasteiger partial charge >= 0.3 is 12.1 Å². The van der Waals surface area contributed by atoms with Gasteiger partial charge in [-0.15, -0.1) is 0 Å². The van der Waals surface area contributed by atoms with Crippen molar-refractivity contribution in [3.63, 3.8) is 0 Å². The van der Waals surface area contributed by atoms with Crippen molar-refractivity contribution in [2.24, 2.45) is 0 Å². The molecule has 1 amide bonds. The van der Waals surface area contributed by atoms with Crippen LogP contribution in [0.25, 0.3) is 0 Å². The maximum Gasteiger partial charge on any atom is 0.407 e. The van der Waals surface area contributed by atoms with Gasteiger partial charge in [0.15, 0.2) is 0 Å². The number of carboxylic acids is 1. The molecule has 1 aromatic rings. The predicted molar refractivity (Wildman–Crippen MR) is 84.8 cm³/mol. The molecule has 0 saturated carbocycles. The van der Waals surface area contributed by atoms with Crippen LogP contribution >= 0.6 is 11.8 Å². The van der Waals surface area contributed by atoms with Crippen molar-refractivity contribution >= 4 is 23.8 Å². The molecule has 0 aliphatic carbocycles. The molecule has 1 aromatic carbocycles. The van der Waals surface area contributed by atoms with Gasteiger partial charge in [-0.1, -0.05) is 30.3 Å². The van der Waals surface area contributed by atoms with Crippen LogP contribution in [0.2, 0.25) is 0 Å². The number of carboxylic acid groups (broad SMARTS) is 1. The summed E-state index contributed by atoms with van der Waals surface area (Å²) in [4.78, 5) is 22.5. The molecule has 0 aliphatic heterocycles. The Hall–Kier alpha value is -1.73. The van der Waals surface area contributed by atoms with Crippen LogP contribution < -0.4 is 5.32 Å². The van der Waals surface area contributed by atoms with Crippen molar-refractivity contribution in [3.8, 4) is 0 Å². The van der Waals surface area contributed by atoms with Crippen LogP contribution in [0.3, 0.4) is 0 Å². The molecule has 0 saturated heterocycles. The summed E-state index contributed by atoms with van der Waals surface area (Å²) < 4.78 is 5.08. The zero-order valence-corrected chi connectivity index (χ0v) is 13.2. The number of hydrogen-bond acceptors (Lipinski definition) is 5. The van der Waals surface area contributed by atoms with Crippen molar-refractivity contribution in [3.05, 3.63) is 35.9 Å². The first-order valence-electron chi connectivity index (χ1n) is 6.89. The number of aliphatic carboxylic acids is 1. The average Bonchev–Trinajstić information content (AvgIpc) is 2.49. The Bertz CT molecular complexity index is 468. The fraction of sp³-hybridized carbons (Fsp3) is 0.467. The highest BCUT2D eigenvalue weighted by atomic mass is 32.2. The number of benzene rings is 1. The lowest BCUT2D eigenvalue weighted by molar-refractivity contribution is -0.139. The summed E-state index contributed by atoms with van der Waals surface area (Å²) in [6.07, 6.45) is 0.135. The van der Waals surface area contributed by atoms with E-state index in [1.165, 1.54) is 0 Å². The van der Waals surface area contributed by atoms with Gasteiger partial charge in [0.2, 0.25) is 0 Å². The van der Waals surface area contributed by atoms with Gasteiger partial charge in [-0.3, -0.25) is 4.79 Å². The molecule has 0 fully saturated rings. The van der Waals surface area contributed by atoms with Gasteiger partial charge in [-0.05, 0) is 24.0 Å². The van der Waals surface area contributed by atoms with Crippen molar-refractivity contribution in [1.82, 2.24) is 5.32 Å². The molecule has 0 radical (unpaired) electrons. The van der Waals surface area contributed by atoms with Gasteiger partial charge in [-0.25, -0.2) is 4.79 Å². The number of aliphatic hydroxyl groups excluding tert-OH is 1. The number of ether oxygens (including phenoxy) is 1. The van der Waals surface area contributed by atoms with Crippen molar-refractivity contribution in [1.29, 1.82) is 0 Å². The number of alkyl carbamates (subject to hydrolysis) is 1. The first-order chi connectivity index (χ1) is 10.5. The van der Waals surface area contributed by atoms with Gasteiger partial charge in [0, 0.05) is 0 Å². The molecular weight excluding hydrogens is 306 g/mol. The van der Waals surface area contributed by atoms with E-state index in [2.05, 4.69) is 5.32 Å². The summed E-state index contributed by atoms with van der Waals surface area (Å²) in [6.45, 7) is 0.122. The van der Waals surface area contributed by atoms with Gasteiger partial charge in [-0.2, -0.15) is 11.8 Å². The Labute approximate surface area is 133 Å². The Kier molecular flexibility index (Phi) is 8.39. The third-order valence-electron chi connectivity index (χ3n) is 3.00. The number of carbonyl (C=O) groups is 2. The Morgan fingerprint density at radius 3 is 2.59 bits per heavy atom. The van der Waals surface area contributed by atoms with Crippen LogP contribution in [-0.4, -0.2) is 46.4 Å². The van der Waals surface area contributed by atoms with Gasteiger partial charge in [0.05, 0.1) is 18.6 Å². The molecule has 1 rings (SSSR count). The molecule has 2 atom stereocenters. The summed E-state index contributed by atoms with van der Waals surface area (Å²) in [5.41, 5.74) is 0.851. The van der Waals surface area contributed by atoms with E-state index < -0.39 is 30.6 Å². The fourth-order valence-corrected chi connectivity index (χ4v) is 2.33. The zero-order valence-electron chi connectivity index (χ0n) is 12.4. The molecule has 6 nitrogen and oxygen atoms in total. The molecule has 0 aromatic heterocycles. The van der Waals surface area contributed by atoms with Crippen LogP contribution in [0.5, 0.6) is 0 Å². The van der Waals surface area contributed by atoms with E-state index >= 15 is 0 Å². The number of nitrogens with one attached hydrogen (secondary N) is 1. The number of carbonyl (C=O) groups excluding carboxylic acids is 1. The Morgan fingerprint density at radius 2 is 2.00 bits per heavy atom. The van der Waals surface area contributed by atoms with E-state index in [1.807, 2.05) is 36.6 Å². The second-order valence-electron chi connectivity index (χ2n) is 4.76. The van der Waals surface area contributed by atoms with Gasteiger partial charge in [0.25, 0.3) is 0 Å². The number of aliphatic hydroxyl groups is 1. The SMILES string of the molecule is CSCC[C@H](NC(=O)OCc1ccccc1)[C@@H](O)CC(=O)O. The maximum absolute atomic E-state index is 11.8. The van der Waals surface area contributed by atoms with Crippen molar-refractivity contribution in [2.75, 3.05) is 12.0 Å². The molecule has 0 heterocycles. The minimum absolute atomic E-state index is 0.122. The highest BCUT2D eigenvalue weighted by Gasteiger charge is 2.23. The van der Waals surface area contributed by atoms with E-state index in [9.17, 15) is 14.7 Å². The normalized spacial score (nSPS) is 13.2. The molecule has 22 heavy (non-hydrogen) atoms. The molecule has 0 unspecified atom stereocenters. The molecule has 0 aliphatic rings. The number of rotatable bonds is 9. The smallest absolute Gasteiger partial charge is 0.407 e. The third-order valence-corrected chi connectivity index (χ3v) is 3.64. The molecular formula is C15H21NO5S. The molecule has 7 heteroatoms. The van der Waals surface area contributed by atoms with E-state index in [4.69, 9.17) is 9.84 Å². The first kappa shape index (κ1) is 18.3. The summed E-state index contributed by atoms with van der Waals surface area (Å²) >= 11 is 1.55.